The minimum atomic E-state index is -1.26. The molecule has 0 aromatic carbocycles. The van der Waals surface area contributed by atoms with Crippen LogP contribution in [0.5, 0.6) is 0 Å². The van der Waals surface area contributed by atoms with E-state index >= 15 is 0 Å². The van der Waals surface area contributed by atoms with E-state index < -0.39 is 8.07 Å². The summed E-state index contributed by atoms with van der Waals surface area (Å²) < 4.78 is 2.28. The molecule has 1 aliphatic rings. The standard InChI is InChI=1S/C13H18S3Si/c1-4-10-17(2,3)12-7-9-15-13(16-12)11-6-5-8-14-11/h4-8,13H,1,9-10H2,2-3H3. The zero-order chi connectivity index (χ0) is 12.3. The fourth-order valence-corrected chi connectivity index (χ4v) is 9.21. The van der Waals surface area contributed by atoms with Crippen molar-refractivity contribution in [2.24, 2.45) is 0 Å². The molecular weight excluding hydrogens is 280 g/mol. The molecule has 0 radical (unpaired) electrons. The van der Waals surface area contributed by atoms with Gasteiger partial charge in [0.25, 0.3) is 0 Å². The number of hydrogen-bond donors (Lipinski definition) is 0. The zero-order valence-corrected chi connectivity index (χ0v) is 13.8. The minimum Gasteiger partial charge on any atom is -0.147 e. The van der Waals surface area contributed by atoms with E-state index in [-0.39, 0.29) is 0 Å². The van der Waals surface area contributed by atoms with Crippen LogP contribution in [0.25, 0.3) is 0 Å². The predicted molar refractivity (Wildman–Crippen MR) is 87.7 cm³/mol. The highest BCUT2D eigenvalue weighted by atomic mass is 32.2. The van der Waals surface area contributed by atoms with Crippen LogP contribution in [0, 0.1) is 0 Å². The van der Waals surface area contributed by atoms with Crippen molar-refractivity contribution < 1.29 is 0 Å². The van der Waals surface area contributed by atoms with E-state index in [1.54, 1.807) is 4.53 Å². The summed E-state index contributed by atoms with van der Waals surface area (Å²) in [7, 11) is -1.26. The highest BCUT2D eigenvalue weighted by Crippen LogP contribution is 2.50. The smallest absolute Gasteiger partial charge is 0.0921 e. The minimum absolute atomic E-state index is 0.617. The van der Waals surface area contributed by atoms with Crippen molar-refractivity contribution in [2.45, 2.75) is 23.7 Å². The molecule has 17 heavy (non-hydrogen) atoms. The quantitative estimate of drug-likeness (QED) is 0.528. The van der Waals surface area contributed by atoms with Gasteiger partial charge >= 0.3 is 0 Å². The van der Waals surface area contributed by atoms with Crippen LogP contribution in [0.2, 0.25) is 19.1 Å². The van der Waals surface area contributed by atoms with Gasteiger partial charge in [0.1, 0.15) is 0 Å². The first-order valence-electron chi connectivity index (χ1n) is 5.77. The second kappa shape index (κ2) is 5.82. The van der Waals surface area contributed by atoms with Gasteiger partial charge in [-0.1, -0.05) is 31.3 Å². The highest BCUT2D eigenvalue weighted by molar-refractivity contribution is 8.20. The Bertz CT molecular complexity index is 406. The molecule has 92 valence electrons. The van der Waals surface area contributed by atoms with Gasteiger partial charge in [-0.2, -0.15) is 0 Å². The van der Waals surface area contributed by atoms with Gasteiger partial charge in [-0.25, -0.2) is 0 Å². The Hall–Kier alpha value is 0.0969. The Balaban J connectivity index is 2.11. The van der Waals surface area contributed by atoms with Crippen LogP contribution < -0.4 is 0 Å². The first-order valence-corrected chi connectivity index (χ1v) is 11.8. The van der Waals surface area contributed by atoms with Gasteiger partial charge in [-0.3, -0.25) is 0 Å². The molecule has 0 aliphatic carbocycles. The molecule has 0 amide bonds. The Kier molecular flexibility index (Phi) is 4.63. The third kappa shape index (κ3) is 3.31. The van der Waals surface area contributed by atoms with E-state index in [2.05, 4.69) is 72.9 Å². The fraction of sp³-hybridized carbons (Fsp3) is 0.385. The summed E-state index contributed by atoms with van der Waals surface area (Å²) in [6.07, 6.45) is 4.55. The van der Waals surface area contributed by atoms with Crippen molar-refractivity contribution in [1.82, 2.24) is 0 Å². The Morgan fingerprint density at radius 3 is 3.00 bits per heavy atom. The Labute approximate surface area is 118 Å². The molecule has 0 saturated carbocycles. The molecule has 1 aliphatic heterocycles. The van der Waals surface area contributed by atoms with Crippen LogP contribution in [-0.4, -0.2) is 13.8 Å². The number of rotatable bonds is 4. The van der Waals surface area contributed by atoms with Crippen LogP contribution in [0.4, 0.5) is 0 Å². The molecular formula is C13H18S3Si. The first kappa shape index (κ1) is 13.5. The third-order valence-electron chi connectivity index (χ3n) is 2.85. The van der Waals surface area contributed by atoms with Crippen molar-refractivity contribution in [3.05, 3.63) is 45.6 Å². The lowest BCUT2D eigenvalue weighted by molar-refractivity contribution is 1.45. The first-order chi connectivity index (χ1) is 8.13. The van der Waals surface area contributed by atoms with Crippen LogP contribution >= 0.6 is 34.9 Å². The van der Waals surface area contributed by atoms with Crippen molar-refractivity contribution in [3.63, 3.8) is 0 Å². The molecule has 0 saturated heterocycles. The topological polar surface area (TPSA) is 0 Å². The number of thioether (sulfide) groups is 2. The molecule has 0 fully saturated rings. The summed E-state index contributed by atoms with van der Waals surface area (Å²) in [6.45, 7) is 8.81. The summed E-state index contributed by atoms with van der Waals surface area (Å²) in [4.78, 5) is 1.51. The molecule has 0 spiro atoms. The van der Waals surface area contributed by atoms with Crippen molar-refractivity contribution in [2.75, 3.05) is 5.75 Å². The van der Waals surface area contributed by atoms with Gasteiger partial charge in [0.15, 0.2) is 0 Å². The Morgan fingerprint density at radius 1 is 1.53 bits per heavy atom. The van der Waals surface area contributed by atoms with E-state index in [1.807, 2.05) is 11.3 Å². The van der Waals surface area contributed by atoms with Gasteiger partial charge < -0.3 is 0 Å². The number of thiophene rings is 1. The Morgan fingerprint density at radius 2 is 2.35 bits per heavy atom. The molecule has 2 rings (SSSR count). The monoisotopic (exact) mass is 298 g/mol. The van der Waals surface area contributed by atoms with Crippen molar-refractivity contribution in [1.29, 1.82) is 0 Å². The van der Waals surface area contributed by atoms with Crippen molar-refractivity contribution in [3.8, 4) is 0 Å². The lowest BCUT2D eigenvalue weighted by Crippen LogP contribution is -2.27. The van der Waals surface area contributed by atoms with Crippen LogP contribution in [0.15, 0.2) is 40.8 Å². The van der Waals surface area contributed by atoms with Gasteiger partial charge in [0.05, 0.1) is 12.7 Å². The zero-order valence-electron chi connectivity index (χ0n) is 10.3. The molecule has 0 N–H and O–H groups in total. The van der Waals surface area contributed by atoms with E-state index in [1.165, 1.54) is 16.7 Å². The van der Waals surface area contributed by atoms with E-state index in [0.717, 1.165) is 0 Å². The summed E-state index contributed by atoms with van der Waals surface area (Å²) >= 11 is 6.02. The summed E-state index contributed by atoms with van der Waals surface area (Å²) in [5, 5.41) is 2.18. The van der Waals surface area contributed by atoms with E-state index in [0.29, 0.717) is 4.58 Å². The lowest BCUT2D eigenvalue weighted by Gasteiger charge is -2.30. The number of allylic oxidation sites excluding steroid dienone is 1. The average Bonchev–Trinajstić information content (AvgIpc) is 2.82. The fourth-order valence-electron chi connectivity index (χ4n) is 1.87. The second-order valence-electron chi connectivity index (χ2n) is 4.74. The molecule has 2 heterocycles. The molecule has 0 nitrogen and oxygen atoms in total. The maximum Gasteiger partial charge on any atom is 0.0921 e. The van der Waals surface area contributed by atoms with Crippen LogP contribution in [0.3, 0.4) is 0 Å². The molecule has 1 unspecified atom stereocenters. The van der Waals surface area contributed by atoms with Gasteiger partial charge in [0, 0.05) is 10.6 Å². The van der Waals surface area contributed by atoms with Gasteiger partial charge in [-0.15, -0.1) is 41.4 Å². The maximum absolute atomic E-state index is 3.90. The highest BCUT2D eigenvalue weighted by Gasteiger charge is 2.30. The summed E-state index contributed by atoms with van der Waals surface area (Å²) in [6, 6.07) is 5.61. The average molecular weight is 299 g/mol. The van der Waals surface area contributed by atoms with Gasteiger partial charge in [0.2, 0.25) is 0 Å². The second-order valence-corrected chi connectivity index (χ2v) is 13.4. The summed E-state index contributed by atoms with van der Waals surface area (Å²) in [5.74, 6) is 1.17. The molecule has 1 aromatic rings. The molecule has 4 heteroatoms. The normalized spacial score (nSPS) is 21.1. The van der Waals surface area contributed by atoms with Crippen molar-refractivity contribution >= 4 is 42.9 Å². The van der Waals surface area contributed by atoms with E-state index in [9.17, 15) is 0 Å². The summed E-state index contributed by atoms with van der Waals surface area (Å²) in [5.41, 5.74) is 0. The lowest BCUT2D eigenvalue weighted by atomic mass is 10.5. The van der Waals surface area contributed by atoms with Gasteiger partial charge in [-0.05, 0) is 22.0 Å². The van der Waals surface area contributed by atoms with E-state index in [4.69, 9.17) is 0 Å². The maximum atomic E-state index is 3.90. The largest absolute Gasteiger partial charge is 0.147 e. The SMILES string of the molecule is C=CC[Si](C)(C)C1=CCSC(c2cccs2)S1. The van der Waals surface area contributed by atoms with Crippen LogP contribution in [0.1, 0.15) is 9.46 Å². The molecule has 1 aromatic heterocycles. The molecule has 0 bridgehead atoms. The van der Waals surface area contributed by atoms with Crippen LogP contribution in [-0.2, 0) is 0 Å². The molecule has 1 atom stereocenters. The third-order valence-corrected chi connectivity index (χ3v) is 11.4. The predicted octanol–water partition coefficient (Wildman–Crippen LogP) is 5.54. The number of hydrogen-bond acceptors (Lipinski definition) is 3.